The highest BCUT2D eigenvalue weighted by molar-refractivity contribution is 5.15. The molecule has 0 aliphatic rings. The van der Waals surface area contributed by atoms with E-state index in [1.54, 1.807) is 12.4 Å². The number of rotatable bonds is 3. The first-order valence-electron chi connectivity index (χ1n) is 4.80. The van der Waals surface area contributed by atoms with Crippen molar-refractivity contribution in [1.29, 1.82) is 0 Å². The zero-order chi connectivity index (χ0) is 10.5. The molecule has 0 atom stereocenters. The molecule has 0 aliphatic carbocycles. The highest BCUT2D eigenvalue weighted by Crippen LogP contribution is 2.07. The van der Waals surface area contributed by atoms with Gasteiger partial charge in [-0.1, -0.05) is 30.3 Å². The van der Waals surface area contributed by atoms with Gasteiger partial charge in [0.2, 0.25) is 5.88 Å². The van der Waals surface area contributed by atoms with Crippen molar-refractivity contribution in [2.24, 2.45) is 0 Å². The second-order valence-corrected chi connectivity index (χ2v) is 3.27. The Morgan fingerprint density at radius 2 is 1.93 bits per heavy atom. The van der Waals surface area contributed by atoms with Gasteiger partial charge in [-0.15, -0.1) is 0 Å². The molecular weight excluding hydrogens is 188 g/mol. The van der Waals surface area contributed by atoms with Crippen LogP contribution < -0.4 is 4.74 Å². The maximum atomic E-state index is 5.50. The molecular formula is C12H12N2O. The third kappa shape index (κ3) is 2.77. The lowest BCUT2D eigenvalue weighted by molar-refractivity contribution is 0.292. The molecule has 2 aromatic rings. The van der Waals surface area contributed by atoms with Gasteiger partial charge >= 0.3 is 0 Å². The minimum absolute atomic E-state index is 0.527. The summed E-state index contributed by atoms with van der Waals surface area (Å²) >= 11 is 0. The first-order valence-corrected chi connectivity index (χ1v) is 4.80. The molecule has 1 aromatic heterocycles. The molecule has 0 saturated carbocycles. The molecule has 3 heteroatoms. The number of aromatic nitrogens is 2. The smallest absolute Gasteiger partial charge is 0.232 e. The normalized spacial score (nSPS) is 9.93. The van der Waals surface area contributed by atoms with Crippen molar-refractivity contribution in [2.45, 2.75) is 13.5 Å². The van der Waals surface area contributed by atoms with Crippen molar-refractivity contribution < 1.29 is 4.74 Å². The molecule has 1 aromatic carbocycles. The minimum Gasteiger partial charge on any atom is -0.472 e. The summed E-state index contributed by atoms with van der Waals surface area (Å²) in [5, 5.41) is 0. The molecule has 0 bridgehead atoms. The Kier molecular flexibility index (Phi) is 2.93. The Bertz CT molecular complexity index is 429. The molecule has 0 fully saturated rings. The van der Waals surface area contributed by atoms with Crippen LogP contribution in [0, 0.1) is 6.92 Å². The van der Waals surface area contributed by atoms with E-state index in [2.05, 4.69) is 9.97 Å². The lowest BCUT2D eigenvalue weighted by Gasteiger charge is -2.04. The molecule has 0 N–H and O–H groups in total. The van der Waals surface area contributed by atoms with Gasteiger partial charge in [0, 0.05) is 6.20 Å². The molecule has 0 unspecified atom stereocenters. The monoisotopic (exact) mass is 200 g/mol. The van der Waals surface area contributed by atoms with E-state index in [1.165, 1.54) is 0 Å². The van der Waals surface area contributed by atoms with Crippen LogP contribution in [0.3, 0.4) is 0 Å². The third-order valence-corrected chi connectivity index (χ3v) is 1.96. The molecule has 0 spiro atoms. The van der Waals surface area contributed by atoms with Crippen molar-refractivity contribution in [1.82, 2.24) is 9.97 Å². The van der Waals surface area contributed by atoms with Gasteiger partial charge in [0.25, 0.3) is 0 Å². The van der Waals surface area contributed by atoms with E-state index in [0.29, 0.717) is 12.5 Å². The number of hydrogen-bond acceptors (Lipinski definition) is 3. The molecule has 0 saturated heterocycles. The van der Waals surface area contributed by atoms with Crippen LogP contribution in [0.15, 0.2) is 42.7 Å². The van der Waals surface area contributed by atoms with Gasteiger partial charge in [0.15, 0.2) is 0 Å². The number of benzene rings is 1. The number of nitrogens with zero attached hydrogens (tertiary/aromatic N) is 2. The summed E-state index contributed by atoms with van der Waals surface area (Å²) in [6.45, 7) is 2.42. The van der Waals surface area contributed by atoms with Crippen molar-refractivity contribution in [3.8, 4) is 5.88 Å². The molecule has 0 aliphatic heterocycles. The van der Waals surface area contributed by atoms with Crippen LogP contribution in [0.4, 0.5) is 0 Å². The first kappa shape index (κ1) is 9.65. The van der Waals surface area contributed by atoms with Crippen LogP contribution in [0.1, 0.15) is 11.3 Å². The molecule has 3 nitrogen and oxygen atoms in total. The van der Waals surface area contributed by atoms with Crippen LogP contribution in [0.5, 0.6) is 5.88 Å². The standard InChI is InChI=1S/C12H12N2O/c1-10-7-13-8-12(14-10)15-9-11-5-3-2-4-6-11/h2-8H,9H2,1H3. The number of hydrogen-bond donors (Lipinski definition) is 0. The van der Waals surface area contributed by atoms with Crippen LogP contribution in [-0.2, 0) is 6.61 Å². The van der Waals surface area contributed by atoms with Gasteiger partial charge in [-0.25, -0.2) is 4.98 Å². The highest BCUT2D eigenvalue weighted by Gasteiger charge is 1.97. The summed E-state index contributed by atoms with van der Waals surface area (Å²) in [7, 11) is 0. The van der Waals surface area contributed by atoms with Crippen molar-refractivity contribution in [3.05, 3.63) is 54.0 Å². The molecule has 0 amide bonds. The van der Waals surface area contributed by atoms with E-state index >= 15 is 0 Å². The summed E-state index contributed by atoms with van der Waals surface area (Å²) < 4.78 is 5.50. The topological polar surface area (TPSA) is 35.0 Å². The molecule has 2 rings (SSSR count). The van der Waals surface area contributed by atoms with Gasteiger partial charge in [-0.05, 0) is 12.5 Å². The summed E-state index contributed by atoms with van der Waals surface area (Å²) in [4.78, 5) is 8.21. The summed E-state index contributed by atoms with van der Waals surface area (Å²) in [6.07, 6.45) is 3.32. The SMILES string of the molecule is Cc1cncc(OCc2ccccc2)n1. The van der Waals surface area contributed by atoms with Crippen LogP contribution >= 0.6 is 0 Å². The molecule has 1 heterocycles. The van der Waals surface area contributed by atoms with Gasteiger partial charge < -0.3 is 4.74 Å². The molecule has 15 heavy (non-hydrogen) atoms. The second kappa shape index (κ2) is 4.55. The van der Waals surface area contributed by atoms with E-state index in [1.807, 2.05) is 37.3 Å². The second-order valence-electron chi connectivity index (χ2n) is 3.27. The average Bonchev–Trinajstić information content (AvgIpc) is 2.28. The fourth-order valence-electron chi connectivity index (χ4n) is 1.24. The average molecular weight is 200 g/mol. The Hall–Kier alpha value is -1.90. The quantitative estimate of drug-likeness (QED) is 0.762. The van der Waals surface area contributed by atoms with Gasteiger partial charge in [-0.3, -0.25) is 4.98 Å². The zero-order valence-corrected chi connectivity index (χ0v) is 8.55. The Morgan fingerprint density at radius 1 is 1.13 bits per heavy atom. The molecule has 0 radical (unpaired) electrons. The fraction of sp³-hybridized carbons (Fsp3) is 0.167. The van der Waals surface area contributed by atoms with Crippen LogP contribution in [0.2, 0.25) is 0 Å². The first-order chi connectivity index (χ1) is 7.34. The van der Waals surface area contributed by atoms with Gasteiger partial charge in [0.05, 0.1) is 11.9 Å². The van der Waals surface area contributed by atoms with Gasteiger partial charge in [-0.2, -0.15) is 0 Å². The van der Waals surface area contributed by atoms with E-state index < -0.39 is 0 Å². The number of ether oxygens (including phenoxy) is 1. The minimum atomic E-state index is 0.527. The lowest BCUT2D eigenvalue weighted by Crippen LogP contribution is -1.98. The van der Waals surface area contributed by atoms with E-state index in [9.17, 15) is 0 Å². The predicted octanol–water partition coefficient (Wildman–Crippen LogP) is 2.36. The fourth-order valence-corrected chi connectivity index (χ4v) is 1.24. The highest BCUT2D eigenvalue weighted by atomic mass is 16.5. The number of aryl methyl sites for hydroxylation is 1. The van der Waals surface area contributed by atoms with Crippen LogP contribution in [0.25, 0.3) is 0 Å². The summed E-state index contributed by atoms with van der Waals surface area (Å²) in [6, 6.07) is 9.99. The maximum Gasteiger partial charge on any atom is 0.232 e. The lowest BCUT2D eigenvalue weighted by atomic mass is 10.2. The van der Waals surface area contributed by atoms with Gasteiger partial charge in [0.1, 0.15) is 6.61 Å². The van der Waals surface area contributed by atoms with Crippen LogP contribution in [-0.4, -0.2) is 9.97 Å². The maximum absolute atomic E-state index is 5.50. The molecule has 76 valence electrons. The van der Waals surface area contributed by atoms with Crippen molar-refractivity contribution in [2.75, 3.05) is 0 Å². The predicted molar refractivity (Wildman–Crippen MR) is 57.5 cm³/mol. The Balaban J connectivity index is 1.99. The van der Waals surface area contributed by atoms with E-state index in [-0.39, 0.29) is 0 Å². The summed E-state index contributed by atoms with van der Waals surface area (Å²) in [5.41, 5.74) is 1.99. The van der Waals surface area contributed by atoms with Crippen molar-refractivity contribution >= 4 is 0 Å². The van der Waals surface area contributed by atoms with E-state index in [4.69, 9.17) is 4.74 Å². The third-order valence-electron chi connectivity index (χ3n) is 1.96. The summed E-state index contributed by atoms with van der Waals surface area (Å²) in [5.74, 6) is 0.568. The Morgan fingerprint density at radius 3 is 2.67 bits per heavy atom. The van der Waals surface area contributed by atoms with E-state index in [0.717, 1.165) is 11.3 Å². The Labute approximate surface area is 88.8 Å². The van der Waals surface area contributed by atoms with Crippen molar-refractivity contribution in [3.63, 3.8) is 0 Å². The largest absolute Gasteiger partial charge is 0.472 e. The zero-order valence-electron chi connectivity index (χ0n) is 8.55.